The van der Waals surface area contributed by atoms with E-state index >= 15 is 0 Å². The summed E-state index contributed by atoms with van der Waals surface area (Å²) in [6.07, 6.45) is -0.103. The molecule has 2 aliphatic heterocycles. The zero-order chi connectivity index (χ0) is 22.2. The van der Waals surface area contributed by atoms with Crippen molar-refractivity contribution in [2.45, 2.75) is 18.7 Å². The van der Waals surface area contributed by atoms with Crippen molar-refractivity contribution < 1.29 is 14.3 Å². The standard InChI is InChI=1S/C26H25ClN2O3/c1-28-23-15-29(14-19-6-3-4-9-22(19)27)16-25(23)32-24-13-18(10-11-21(24)26(28)30)17-7-5-8-20(12-17)31-2/h3-13,23,25H,14-16H2,1-2H3. The molecule has 0 aliphatic carbocycles. The van der Waals surface area contributed by atoms with Gasteiger partial charge in [-0.2, -0.15) is 0 Å². The highest BCUT2D eigenvalue weighted by molar-refractivity contribution is 6.31. The van der Waals surface area contributed by atoms with Crippen molar-refractivity contribution in [1.29, 1.82) is 0 Å². The number of hydrogen-bond acceptors (Lipinski definition) is 4. The van der Waals surface area contributed by atoms with Gasteiger partial charge in [0.2, 0.25) is 0 Å². The molecule has 3 aromatic carbocycles. The number of likely N-dealkylation sites (N-methyl/N-ethyl adjacent to an activating group) is 1. The Morgan fingerprint density at radius 2 is 1.84 bits per heavy atom. The van der Waals surface area contributed by atoms with Gasteiger partial charge in [0.15, 0.2) is 0 Å². The maximum absolute atomic E-state index is 13.2. The van der Waals surface area contributed by atoms with Gasteiger partial charge in [0.25, 0.3) is 5.91 Å². The smallest absolute Gasteiger partial charge is 0.257 e. The highest BCUT2D eigenvalue weighted by atomic mass is 35.5. The highest BCUT2D eigenvalue weighted by Gasteiger charge is 2.42. The van der Waals surface area contributed by atoms with E-state index in [0.29, 0.717) is 11.3 Å². The van der Waals surface area contributed by atoms with Crippen molar-refractivity contribution in [2.24, 2.45) is 0 Å². The van der Waals surface area contributed by atoms with Crippen LogP contribution in [0.1, 0.15) is 15.9 Å². The molecule has 1 saturated heterocycles. The number of methoxy groups -OCH3 is 1. The predicted molar refractivity (Wildman–Crippen MR) is 125 cm³/mol. The van der Waals surface area contributed by atoms with Crippen LogP contribution in [-0.2, 0) is 6.54 Å². The van der Waals surface area contributed by atoms with Gasteiger partial charge < -0.3 is 14.4 Å². The minimum Gasteiger partial charge on any atom is -0.497 e. The maximum atomic E-state index is 13.2. The van der Waals surface area contributed by atoms with Crippen molar-refractivity contribution >= 4 is 17.5 Å². The largest absolute Gasteiger partial charge is 0.497 e. The van der Waals surface area contributed by atoms with Crippen LogP contribution in [0.3, 0.4) is 0 Å². The fraction of sp³-hybridized carbons (Fsp3) is 0.269. The molecule has 2 heterocycles. The molecule has 3 aromatic rings. The molecule has 32 heavy (non-hydrogen) atoms. The number of amides is 1. The average Bonchev–Trinajstić information content (AvgIpc) is 3.18. The minimum absolute atomic E-state index is 0.00992. The topological polar surface area (TPSA) is 42.0 Å². The molecule has 0 bridgehead atoms. The van der Waals surface area contributed by atoms with E-state index < -0.39 is 0 Å². The Morgan fingerprint density at radius 1 is 1.03 bits per heavy atom. The first-order valence-corrected chi connectivity index (χ1v) is 11.1. The van der Waals surface area contributed by atoms with E-state index in [2.05, 4.69) is 4.90 Å². The molecular formula is C26H25ClN2O3. The Hall–Kier alpha value is -3.02. The van der Waals surface area contributed by atoms with Crippen LogP contribution in [0.25, 0.3) is 11.1 Å². The van der Waals surface area contributed by atoms with Crippen LogP contribution in [-0.4, -0.2) is 55.1 Å². The first kappa shape index (κ1) is 20.9. The van der Waals surface area contributed by atoms with E-state index in [4.69, 9.17) is 21.1 Å². The van der Waals surface area contributed by atoms with Crippen molar-refractivity contribution in [1.82, 2.24) is 9.80 Å². The summed E-state index contributed by atoms with van der Waals surface area (Å²) in [6, 6.07) is 21.6. The summed E-state index contributed by atoms with van der Waals surface area (Å²) in [7, 11) is 3.52. The van der Waals surface area contributed by atoms with Gasteiger partial charge in [0.05, 0.1) is 18.7 Å². The van der Waals surface area contributed by atoms with Crippen LogP contribution in [0, 0.1) is 0 Å². The first-order valence-electron chi connectivity index (χ1n) is 10.7. The number of likely N-dealkylation sites (tertiary alicyclic amines) is 1. The second-order valence-electron chi connectivity index (χ2n) is 8.37. The maximum Gasteiger partial charge on any atom is 0.257 e. The van der Waals surface area contributed by atoms with Gasteiger partial charge in [0.1, 0.15) is 17.6 Å². The van der Waals surface area contributed by atoms with Crippen LogP contribution >= 0.6 is 11.6 Å². The third-order valence-corrected chi connectivity index (χ3v) is 6.74. The number of ether oxygens (including phenoxy) is 2. The molecule has 0 spiro atoms. The first-order chi connectivity index (χ1) is 15.5. The van der Waals surface area contributed by atoms with Crippen LogP contribution < -0.4 is 9.47 Å². The lowest BCUT2D eigenvalue weighted by Gasteiger charge is -2.25. The SMILES string of the molecule is COc1cccc(-c2ccc3c(c2)OC2CN(Cc4ccccc4Cl)CC2N(C)C3=O)c1. The molecule has 5 nitrogen and oxygen atoms in total. The number of rotatable bonds is 4. The van der Waals surface area contributed by atoms with Crippen LogP contribution in [0.15, 0.2) is 66.7 Å². The Kier molecular flexibility index (Phi) is 5.53. The number of fused-ring (bicyclic) bond motifs is 2. The molecule has 0 radical (unpaired) electrons. The molecule has 2 unspecified atom stereocenters. The fourth-order valence-electron chi connectivity index (χ4n) is 4.60. The molecular weight excluding hydrogens is 424 g/mol. The molecule has 0 saturated carbocycles. The summed E-state index contributed by atoms with van der Waals surface area (Å²) in [4.78, 5) is 17.4. The molecule has 0 aromatic heterocycles. The zero-order valence-electron chi connectivity index (χ0n) is 18.1. The van der Waals surface area contributed by atoms with Gasteiger partial charge in [-0.25, -0.2) is 0 Å². The van der Waals surface area contributed by atoms with Crippen LogP contribution in [0.2, 0.25) is 5.02 Å². The van der Waals surface area contributed by atoms with E-state index in [0.717, 1.165) is 47.1 Å². The fourth-order valence-corrected chi connectivity index (χ4v) is 4.80. The predicted octanol–water partition coefficient (Wildman–Crippen LogP) is 4.73. The second-order valence-corrected chi connectivity index (χ2v) is 8.78. The van der Waals surface area contributed by atoms with Crippen molar-refractivity contribution in [3.8, 4) is 22.6 Å². The summed E-state index contributed by atoms with van der Waals surface area (Å²) in [6.45, 7) is 2.21. The lowest BCUT2D eigenvalue weighted by Crippen LogP contribution is -2.44. The van der Waals surface area contributed by atoms with Gasteiger partial charge in [0, 0.05) is 31.7 Å². The van der Waals surface area contributed by atoms with Gasteiger partial charge >= 0.3 is 0 Å². The number of halogens is 1. The summed E-state index contributed by atoms with van der Waals surface area (Å²) in [5.41, 5.74) is 3.69. The molecule has 0 N–H and O–H groups in total. The van der Waals surface area contributed by atoms with Crippen molar-refractivity contribution in [3.63, 3.8) is 0 Å². The van der Waals surface area contributed by atoms with E-state index in [1.807, 2.05) is 78.7 Å². The second kappa shape index (κ2) is 8.49. The number of carbonyl (C=O) groups excluding carboxylic acids is 1. The van der Waals surface area contributed by atoms with Crippen molar-refractivity contribution in [3.05, 3.63) is 82.9 Å². The molecule has 5 rings (SSSR count). The summed E-state index contributed by atoms with van der Waals surface area (Å²) in [5, 5.41) is 0.762. The molecule has 6 heteroatoms. The molecule has 1 fully saturated rings. The third kappa shape index (κ3) is 3.83. The lowest BCUT2D eigenvalue weighted by atomic mass is 10.0. The Bertz CT molecular complexity index is 1170. The molecule has 2 atom stereocenters. The normalized spacial score (nSPS) is 20.3. The van der Waals surface area contributed by atoms with E-state index in [-0.39, 0.29) is 18.1 Å². The van der Waals surface area contributed by atoms with E-state index in [1.54, 1.807) is 7.11 Å². The molecule has 164 valence electrons. The summed E-state index contributed by atoms with van der Waals surface area (Å²) < 4.78 is 11.8. The minimum atomic E-state index is -0.103. The monoisotopic (exact) mass is 448 g/mol. The Balaban J connectivity index is 1.43. The van der Waals surface area contributed by atoms with Gasteiger partial charge in [-0.15, -0.1) is 0 Å². The van der Waals surface area contributed by atoms with Gasteiger partial charge in [-0.3, -0.25) is 9.69 Å². The average molecular weight is 449 g/mol. The van der Waals surface area contributed by atoms with E-state index in [1.165, 1.54) is 0 Å². The Labute approximate surface area is 193 Å². The molecule has 2 aliphatic rings. The summed E-state index contributed by atoms with van der Waals surface area (Å²) >= 11 is 6.37. The zero-order valence-corrected chi connectivity index (χ0v) is 18.9. The highest BCUT2D eigenvalue weighted by Crippen LogP contribution is 2.35. The van der Waals surface area contributed by atoms with Gasteiger partial charge in [-0.05, 0) is 47.0 Å². The van der Waals surface area contributed by atoms with Crippen LogP contribution in [0.5, 0.6) is 11.5 Å². The molecule has 1 amide bonds. The Morgan fingerprint density at radius 3 is 2.66 bits per heavy atom. The number of hydrogen-bond donors (Lipinski definition) is 0. The van der Waals surface area contributed by atoms with E-state index in [9.17, 15) is 4.79 Å². The van der Waals surface area contributed by atoms with Crippen molar-refractivity contribution in [2.75, 3.05) is 27.2 Å². The van der Waals surface area contributed by atoms with Gasteiger partial charge in [-0.1, -0.05) is 48.0 Å². The third-order valence-electron chi connectivity index (χ3n) is 6.38. The number of nitrogens with zero attached hydrogens (tertiary/aromatic N) is 2. The quantitative estimate of drug-likeness (QED) is 0.578. The number of carbonyl (C=O) groups is 1. The summed E-state index contributed by atoms with van der Waals surface area (Å²) in [5.74, 6) is 1.42. The number of benzene rings is 3. The lowest BCUT2D eigenvalue weighted by molar-refractivity contribution is 0.0682. The van der Waals surface area contributed by atoms with Crippen LogP contribution in [0.4, 0.5) is 0 Å².